The number of anilines is 3. The first-order valence-corrected chi connectivity index (χ1v) is 19.9. The third-order valence-corrected chi connectivity index (χ3v) is 11.6. The fraction of sp³-hybridized carbons (Fsp3) is 0. The second-order valence-electron chi connectivity index (χ2n) is 15.0. The molecule has 2 nitrogen and oxygen atoms in total. The topological polar surface area (TPSA) is 8.17 Å². The van der Waals surface area contributed by atoms with E-state index in [2.05, 4.69) is 240 Å². The van der Waals surface area contributed by atoms with Gasteiger partial charge in [0, 0.05) is 33.5 Å². The molecule has 0 aliphatic heterocycles. The maximum atomic E-state index is 2.43. The maximum Gasteiger partial charge on any atom is 0.0547 e. The molecule has 2 heteroatoms. The van der Waals surface area contributed by atoms with E-state index in [1.807, 2.05) is 0 Å². The van der Waals surface area contributed by atoms with Gasteiger partial charge in [0.25, 0.3) is 0 Å². The summed E-state index contributed by atoms with van der Waals surface area (Å²) in [5.41, 5.74) is 16.6. The highest BCUT2D eigenvalue weighted by Crippen LogP contribution is 2.44. The van der Waals surface area contributed by atoms with Crippen molar-refractivity contribution < 1.29 is 0 Å². The molecule has 0 aliphatic rings. The summed E-state index contributed by atoms with van der Waals surface area (Å²) in [6.07, 6.45) is 0. The van der Waals surface area contributed by atoms with Crippen LogP contribution in [0.15, 0.2) is 231 Å². The van der Waals surface area contributed by atoms with Crippen LogP contribution < -0.4 is 4.90 Å². The van der Waals surface area contributed by atoms with Crippen molar-refractivity contribution in [1.29, 1.82) is 0 Å². The highest BCUT2D eigenvalue weighted by atomic mass is 15.1. The van der Waals surface area contributed by atoms with Crippen molar-refractivity contribution in [3.63, 3.8) is 0 Å². The molecule has 0 N–H and O–H groups in total. The van der Waals surface area contributed by atoms with Gasteiger partial charge in [-0.2, -0.15) is 0 Å². The van der Waals surface area contributed by atoms with E-state index < -0.39 is 0 Å². The Bertz CT molecular complexity index is 3060. The van der Waals surface area contributed by atoms with Crippen LogP contribution in [0.1, 0.15) is 0 Å². The van der Waals surface area contributed by atoms with Gasteiger partial charge >= 0.3 is 0 Å². The molecule has 0 amide bonds. The van der Waals surface area contributed by atoms with Crippen LogP contribution in [-0.2, 0) is 0 Å². The van der Waals surface area contributed by atoms with Crippen LogP contribution >= 0.6 is 0 Å². The number of hydrogen-bond donors (Lipinski definition) is 0. The standard InChI is InChI=1S/C56H38N2/c1-4-11-39(12-5-1)42-19-28-47(29-20-42)57(48-30-21-43(22-31-48)40-13-6-2-7-14-40)49-34-25-45(26-35-49)51-37-38-54-56-52(51)36-27-46-17-10-18-53(55(46)56)58(54)50-32-23-44(24-33-50)41-15-8-3-9-16-41/h1-38H. The Morgan fingerprint density at radius 3 is 1.21 bits per heavy atom. The van der Waals surface area contributed by atoms with Gasteiger partial charge in [0.15, 0.2) is 0 Å². The van der Waals surface area contributed by atoms with E-state index >= 15 is 0 Å². The Morgan fingerprint density at radius 2 is 0.707 bits per heavy atom. The highest BCUT2D eigenvalue weighted by molar-refractivity contribution is 6.26. The molecule has 0 spiro atoms. The summed E-state index contributed by atoms with van der Waals surface area (Å²) in [7, 11) is 0. The molecule has 58 heavy (non-hydrogen) atoms. The minimum Gasteiger partial charge on any atom is -0.311 e. The van der Waals surface area contributed by atoms with Crippen LogP contribution in [0.5, 0.6) is 0 Å². The molecule has 0 bridgehead atoms. The van der Waals surface area contributed by atoms with E-state index in [9.17, 15) is 0 Å². The van der Waals surface area contributed by atoms with Crippen molar-refractivity contribution in [2.75, 3.05) is 4.90 Å². The second kappa shape index (κ2) is 14.1. The van der Waals surface area contributed by atoms with Crippen LogP contribution in [0.2, 0.25) is 0 Å². The second-order valence-corrected chi connectivity index (χ2v) is 15.0. The Morgan fingerprint density at radius 1 is 0.276 bits per heavy atom. The molecule has 0 fully saturated rings. The number of benzene rings is 10. The lowest BCUT2D eigenvalue weighted by Crippen LogP contribution is -2.09. The summed E-state index contributed by atoms with van der Waals surface area (Å²) >= 11 is 0. The van der Waals surface area contributed by atoms with Crippen LogP contribution in [0, 0.1) is 0 Å². The van der Waals surface area contributed by atoms with Gasteiger partial charge in [0.1, 0.15) is 0 Å². The highest BCUT2D eigenvalue weighted by Gasteiger charge is 2.20. The summed E-state index contributed by atoms with van der Waals surface area (Å²) in [5.74, 6) is 0. The molecule has 0 unspecified atom stereocenters. The average molecular weight is 739 g/mol. The van der Waals surface area contributed by atoms with Crippen molar-refractivity contribution in [1.82, 2.24) is 4.57 Å². The molecule has 0 saturated carbocycles. The smallest absolute Gasteiger partial charge is 0.0547 e. The third kappa shape index (κ3) is 5.82. The number of nitrogens with zero attached hydrogens (tertiary/aromatic N) is 2. The first-order valence-electron chi connectivity index (χ1n) is 19.9. The van der Waals surface area contributed by atoms with E-state index in [-0.39, 0.29) is 0 Å². The van der Waals surface area contributed by atoms with Gasteiger partial charge in [-0.15, -0.1) is 0 Å². The van der Waals surface area contributed by atoms with Crippen LogP contribution in [0.3, 0.4) is 0 Å². The molecule has 10 aromatic carbocycles. The fourth-order valence-electron chi connectivity index (χ4n) is 8.76. The van der Waals surface area contributed by atoms with Crippen LogP contribution in [0.4, 0.5) is 17.1 Å². The minimum atomic E-state index is 1.10. The normalized spacial score (nSPS) is 11.4. The lowest BCUT2D eigenvalue weighted by molar-refractivity contribution is 1.18. The summed E-state index contributed by atoms with van der Waals surface area (Å²) in [4.78, 5) is 2.35. The largest absolute Gasteiger partial charge is 0.311 e. The molecule has 0 atom stereocenters. The molecule has 272 valence electrons. The molecular weight excluding hydrogens is 701 g/mol. The zero-order valence-corrected chi connectivity index (χ0v) is 31.8. The summed E-state index contributed by atoms with van der Waals surface area (Å²) in [6.45, 7) is 0. The van der Waals surface area contributed by atoms with Crippen molar-refractivity contribution in [2.45, 2.75) is 0 Å². The van der Waals surface area contributed by atoms with Gasteiger partial charge in [-0.25, -0.2) is 0 Å². The summed E-state index contributed by atoms with van der Waals surface area (Å²) in [5, 5.41) is 5.14. The molecule has 11 aromatic rings. The number of rotatable bonds is 8. The van der Waals surface area contributed by atoms with Crippen LogP contribution in [-0.4, -0.2) is 4.57 Å². The van der Waals surface area contributed by atoms with Gasteiger partial charge in [-0.3, -0.25) is 0 Å². The van der Waals surface area contributed by atoms with E-state index in [0.29, 0.717) is 0 Å². The van der Waals surface area contributed by atoms with Crippen molar-refractivity contribution in [3.8, 4) is 50.2 Å². The van der Waals surface area contributed by atoms with E-state index in [1.54, 1.807) is 0 Å². The van der Waals surface area contributed by atoms with Gasteiger partial charge in [-0.1, -0.05) is 170 Å². The van der Waals surface area contributed by atoms with Gasteiger partial charge < -0.3 is 9.47 Å². The number of hydrogen-bond acceptors (Lipinski definition) is 1. The molecule has 1 aromatic heterocycles. The quantitative estimate of drug-likeness (QED) is 0.141. The first-order chi connectivity index (χ1) is 28.8. The van der Waals surface area contributed by atoms with Crippen LogP contribution in [0.25, 0.3) is 82.8 Å². The predicted molar refractivity (Wildman–Crippen MR) is 246 cm³/mol. The van der Waals surface area contributed by atoms with Gasteiger partial charge in [0.2, 0.25) is 0 Å². The monoisotopic (exact) mass is 738 g/mol. The minimum absolute atomic E-state index is 1.10. The van der Waals surface area contributed by atoms with E-state index in [4.69, 9.17) is 0 Å². The van der Waals surface area contributed by atoms with E-state index in [0.717, 1.165) is 22.7 Å². The predicted octanol–water partition coefficient (Wildman–Crippen LogP) is 15.5. The SMILES string of the molecule is c1ccc(-c2ccc(N(c3ccc(-c4ccccc4)cc3)c3ccc(-c4ccc5c6c4ccc4cccc(c46)n5-c4ccc(-c5ccccc5)cc4)cc3)cc2)cc1. The summed E-state index contributed by atoms with van der Waals surface area (Å²) < 4.78 is 2.43. The zero-order valence-electron chi connectivity index (χ0n) is 31.8. The Kier molecular flexibility index (Phi) is 8.19. The first kappa shape index (κ1) is 33.6. The molecule has 11 rings (SSSR count). The Balaban J connectivity index is 0.990. The molecule has 0 aliphatic carbocycles. The fourth-order valence-corrected chi connectivity index (χ4v) is 8.76. The zero-order chi connectivity index (χ0) is 38.4. The third-order valence-electron chi connectivity index (χ3n) is 11.6. The average Bonchev–Trinajstić information content (AvgIpc) is 3.65. The molecule has 1 heterocycles. The maximum absolute atomic E-state index is 2.43. The van der Waals surface area contributed by atoms with Gasteiger partial charge in [0.05, 0.1) is 11.0 Å². The summed E-state index contributed by atoms with van der Waals surface area (Å²) in [6, 6.07) is 83.5. The number of aromatic nitrogens is 1. The van der Waals surface area contributed by atoms with E-state index in [1.165, 1.54) is 77.1 Å². The lowest BCUT2D eigenvalue weighted by atomic mass is 9.94. The Hall–Kier alpha value is -7.68. The molecule has 0 radical (unpaired) electrons. The Labute approximate surface area is 338 Å². The van der Waals surface area contributed by atoms with Crippen molar-refractivity contribution >= 4 is 49.6 Å². The molecular formula is C56H38N2. The van der Waals surface area contributed by atoms with Gasteiger partial charge in [-0.05, 0) is 116 Å². The molecule has 0 saturated heterocycles. The van der Waals surface area contributed by atoms with Crippen molar-refractivity contribution in [2.24, 2.45) is 0 Å². The lowest BCUT2D eigenvalue weighted by Gasteiger charge is -2.26. The van der Waals surface area contributed by atoms with Crippen molar-refractivity contribution in [3.05, 3.63) is 231 Å².